The van der Waals surface area contributed by atoms with Crippen LogP contribution >= 0.6 is 0 Å². The molecule has 0 amide bonds. The molecular weight excluding hydrogens is 510 g/mol. The van der Waals surface area contributed by atoms with Crippen molar-refractivity contribution in [3.8, 4) is 5.75 Å². The summed E-state index contributed by atoms with van der Waals surface area (Å²) in [6.07, 6.45) is 0. The Bertz CT molecular complexity index is 1330. The van der Waals surface area contributed by atoms with Crippen LogP contribution in [-0.4, -0.2) is 49.8 Å². The van der Waals surface area contributed by atoms with E-state index in [1.54, 1.807) is 45.0 Å². The Labute approximate surface area is 224 Å². The van der Waals surface area contributed by atoms with Gasteiger partial charge in [-0.15, -0.1) is 0 Å². The third-order valence-electron chi connectivity index (χ3n) is 5.78. The monoisotopic (exact) mass is 539 g/mol. The van der Waals surface area contributed by atoms with Gasteiger partial charge in [-0.2, -0.15) is 0 Å². The first kappa shape index (κ1) is 28.7. The number of esters is 3. The number of nitro benzene ring substituents is 1. The highest BCUT2D eigenvalue weighted by Crippen LogP contribution is 2.44. The molecule has 12 nitrogen and oxygen atoms in total. The molecule has 2 aromatic carbocycles. The summed E-state index contributed by atoms with van der Waals surface area (Å²) in [4.78, 5) is 52.6. The van der Waals surface area contributed by atoms with Gasteiger partial charge < -0.3 is 24.7 Å². The zero-order valence-electron chi connectivity index (χ0n) is 22.0. The number of hydrogen-bond acceptors (Lipinski definition) is 11. The van der Waals surface area contributed by atoms with E-state index in [1.807, 2.05) is 0 Å². The second-order valence-electron chi connectivity index (χ2n) is 8.04. The van der Waals surface area contributed by atoms with Crippen LogP contribution in [0.5, 0.6) is 5.75 Å². The molecule has 1 unspecified atom stereocenters. The molecule has 206 valence electrons. The van der Waals surface area contributed by atoms with E-state index in [0.717, 1.165) is 0 Å². The molecule has 0 radical (unpaired) electrons. The topological polar surface area (TPSA) is 161 Å². The quantitative estimate of drug-likeness (QED) is 0.204. The number of carbonyl (C=O) groups excluding carboxylic acids is 3. The number of ether oxygens (including phenoxy) is 4. The molecule has 12 heteroatoms. The van der Waals surface area contributed by atoms with Crippen LogP contribution in [0.3, 0.4) is 0 Å². The summed E-state index contributed by atoms with van der Waals surface area (Å²) in [5, 5.41) is 11.6. The lowest BCUT2D eigenvalue weighted by molar-refractivity contribution is -0.384. The predicted molar refractivity (Wildman–Crippen MR) is 139 cm³/mol. The predicted octanol–water partition coefficient (Wildman–Crippen LogP) is 3.32. The SMILES string of the molecule is CCOC(=O)C1=C(N)N(c2ccc(OC)cc2)C(C(=O)OCC)=C(C(=O)OCC)C1c1cccc([N+](=O)[O-])c1. The molecule has 1 heterocycles. The summed E-state index contributed by atoms with van der Waals surface area (Å²) in [7, 11) is 1.48. The zero-order chi connectivity index (χ0) is 28.7. The Morgan fingerprint density at radius 1 is 0.897 bits per heavy atom. The Morgan fingerprint density at radius 3 is 2.00 bits per heavy atom. The molecule has 1 atom stereocenters. The molecule has 0 aliphatic carbocycles. The fourth-order valence-corrected chi connectivity index (χ4v) is 4.20. The molecule has 2 aromatic rings. The van der Waals surface area contributed by atoms with Gasteiger partial charge in [0.05, 0.1) is 48.9 Å². The maximum absolute atomic E-state index is 13.5. The molecule has 0 bridgehead atoms. The Kier molecular flexibility index (Phi) is 9.26. The molecule has 0 aromatic heterocycles. The van der Waals surface area contributed by atoms with Crippen LogP contribution in [0.1, 0.15) is 32.3 Å². The molecule has 39 heavy (non-hydrogen) atoms. The number of nitrogens with two attached hydrogens (primary N) is 1. The molecule has 0 fully saturated rings. The number of anilines is 1. The van der Waals surface area contributed by atoms with E-state index in [4.69, 9.17) is 24.7 Å². The number of methoxy groups -OCH3 is 1. The lowest BCUT2D eigenvalue weighted by atomic mass is 9.80. The van der Waals surface area contributed by atoms with E-state index in [9.17, 15) is 24.5 Å². The lowest BCUT2D eigenvalue weighted by Gasteiger charge is -2.37. The first-order chi connectivity index (χ1) is 18.7. The molecule has 0 spiro atoms. The fraction of sp³-hybridized carbons (Fsp3) is 0.296. The number of hydrogen-bond donors (Lipinski definition) is 1. The Morgan fingerprint density at radius 2 is 1.46 bits per heavy atom. The van der Waals surface area contributed by atoms with Crippen molar-refractivity contribution in [1.82, 2.24) is 0 Å². The van der Waals surface area contributed by atoms with Gasteiger partial charge in [-0.05, 0) is 50.6 Å². The lowest BCUT2D eigenvalue weighted by Crippen LogP contribution is -2.43. The second kappa shape index (κ2) is 12.6. The highest BCUT2D eigenvalue weighted by molar-refractivity contribution is 6.09. The number of non-ortho nitro benzene ring substituents is 1. The van der Waals surface area contributed by atoms with E-state index in [1.165, 1.54) is 36.3 Å². The highest BCUT2D eigenvalue weighted by Gasteiger charge is 2.46. The van der Waals surface area contributed by atoms with Gasteiger partial charge in [0.25, 0.3) is 5.69 Å². The Hall–Kier alpha value is -4.87. The third kappa shape index (κ3) is 5.84. The van der Waals surface area contributed by atoms with E-state index >= 15 is 0 Å². The summed E-state index contributed by atoms with van der Waals surface area (Å²) in [6.45, 7) is 4.63. The standard InChI is InChI=1S/C27H29N3O9/c1-5-37-25(31)21-20(16-9-8-10-18(15-16)30(34)35)22(26(32)38-6-2)24(28)29(23(21)27(33)39-7-3)17-11-13-19(36-4)14-12-17/h8-15,20H,5-7,28H2,1-4H3. The van der Waals surface area contributed by atoms with Crippen molar-refractivity contribution in [3.05, 3.63) is 86.9 Å². The zero-order valence-corrected chi connectivity index (χ0v) is 22.0. The van der Waals surface area contributed by atoms with E-state index < -0.39 is 28.7 Å². The van der Waals surface area contributed by atoms with Gasteiger partial charge >= 0.3 is 17.9 Å². The average Bonchev–Trinajstić information content (AvgIpc) is 2.92. The number of carbonyl (C=O) groups is 3. The maximum atomic E-state index is 13.5. The van der Waals surface area contributed by atoms with E-state index in [0.29, 0.717) is 11.4 Å². The van der Waals surface area contributed by atoms with Gasteiger partial charge in [-0.1, -0.05) is 12.1 Å². The van der Waals surface area contributed by atoms with Crippen molar-refractivity contribution in [2.24, 2.45) is 5.73 Å². The van der Waals surface area contributed by atoms with Crippen LogP contribution in [-0.2, 0) is 28.6 Å². The van der Waals surface area contributed by atoms with Crippen molar-refractivity contribution in [3.63, 3.8) is 0 Å². The minimum absolute atomic E-state index is 0.0248. The maximum Gasteiger partial charge on any atom is 0.355 e. The molecule has 1 aliphatic rings. The summed E-state index contributed by atoms with van der Waals surface area (Å²) < 4.78 is 21.1. The van der Waals surface area contributed by atoms with Crippen LogP contribution in [0.25, 0.3) is 0 Å². The van der Waals surface area contributed by atoms with Crippen molar-refractivity contribution >= 4 is 29.3 Å². The first-order valence-corrected chi connectivity index (χ1v) is 12.1. The highest BCUT2D eigenvalue weighted by atomic mass is 16.6. The van der Waals surface area contributed by atoms with Crippen LogP contribution in [0.4, 0.5) is 11.4 Å². The number of benzene rings is 2. The number of nitro groups is 1. The number of nitrogens with zero attached hydrogens (tertiary/aromatic N) is 2. The first-order valence-electron chi connectivity index (χ1n) is 12.1. The van der Waals surface area contributed by atoms with E-state index in [2.05, 4.69) is 0 Å². The van der Waals surface area contributed by atoms with Gasteiger partial charge in [0.15, 0.2) is 0 Å². The van der Waals surface area contributed by atoms with Crippen molar-refractivity contribution < 1.29 is 38.3 Å². The minimum Gasteiger partial charge on any atom is -0.497 e. The summed E-state index contributed by atoms with van der Waals surface area (Å²) in [5.74, 6) is -3.81. The molecule has 0 saturated carbocycles. The summed E-state index contributed by atoms with van der Waals surface area (Å²) in [5.41, 5.74) is 5.95. The largest absolute Gasteiger partial charge is 0.497 e. The number of rotatable bonds is 10. The minimum atomic E-state index is -1.35. The summed E-state index contributed by atoms with van der Waals surface area (Å²) in [6, 6.07) is 11.7. The third-order valence-corrected chi connectivity index (χ3v) is 5.78. The van der Waals surface area contributed by atoms with Gasteiger partial charge in [0.2, 0.25) is 0 Å². The van der Waals surface area contributed by atoms with Crippen LogP contribution < -0.4 is 15.4 Å². The average molecular weight is 540 g/mol. The Balaban J connectivity index is 2.47. The normalized spacial score (nSPS) is 15.1. The van der Waals surface area contributed by atoms with Gasteiger partial charge in [-0.25, -0.2) is 14.4 Å². The van der Waals surface area contributed by atoms with Gasteiger partial charge in [-0.3, -0.25) is 15.0 Å². The van der Waals surface area contributed by atoms with Crippen molar-refractivity contribution in [2.75, 3.05) is 31.8 Å². The fourth-order valence-electron chi connectivity index (χ4n) is 4.20. The van der Waals surface area contributed by atoms with Gasteiger partial charge in [0, 0.05) is 17.8 Å². The van der Waals surface area contributed by atoms with E-state index in [-0.39, 0.29) is 53.7 Å². The molecule has 2 N–H and O–H groups in total. The van der Waals surface area contributed by atoms with Crippen molar-refractivity contribution in [2.45, 2.75) is 26.7 Å². The molecule has 0 saturated heterocycles. The summed E-state index contributed by atoms with van der Waals surface area (Å²) >= 11 is 0. The van der Waals surface area contributed by atoms with Crippen LogP contribution in [0.2, 0.25) is 0 Å². The molecule has 1 aliphatic heterocycles. The molecular formula is C27H29N3O9. The second-order valence-corrected chi connectivity index (χ2v) is 8.04. The van der Waals surface area contributed by atoms with Crippen molar-refractivity contribution in [1.29, 1.82) is 0 Å². The molecule has 3 rings (SSSR count). The van der Waals surface area contributed by atoms with Crippen LogP contribution in [0, 0.1) is 10.1 Å². The van der Waals surface area contributed by atoms with Gasteiger partial charge in [0.1, 0.15) is 17.3 Å². The van der Waals surface area contributed by atoms with Crippen LogP contribution in [0.15, 0.2) is 71.2 Å². The smallest absolute Gasteiger partial charge is 0.355 e.